The van der Waals surface area contributed by atoms with Gasteiger partial charge >= 0.3 is 282 Å². The molecular formula is C45H56Cl2Zr. The van der Waals surface area contributed by atoms with Gasteiger partial charge in [0.2, 0.25) is 0 Å². The first-order valence-electron chi connectivity index (χ1n) is 17.3. The van der Waals surface area contributed by atoms with E-state index in [0.717, 1.165) is 17.0 Å². The first-order chi connectivity index (χ1) is 21.5. The first-order valence-corrected chi connectivity index (χ1v) is 24.5. The van der Waals surface area contributed by atoms with Crippen LogP contribution in [0.25, 0.3) is 11.1 Å². The molecule has 254 valence electrons. The Kier molecular flexibility index (Phi) is 10.5. The zero-order chi connectivity index (χ0) is 33.3. The van der Waals surface area contributed by atoms with Crippen LogP contribution in [-0.4, -0.2) is 4.21 Å². The van der Waals surface area contributed by atoms with Gasteiger partial charge in [-0.05, 0) is 0 Å². The predicted octanol–water partition coefficient (Wildman–Crippen LogP) is 12.0. The third-order valence-electron chi connectivity index (χ3n) is 12.0. The summed E-state index contributed by atoms with van der Waals surface area (Å²) < 4.78 is 10.0. The van der Waals surface area contributed by atoms with Crippen LogP contribution in [0.3, 0.4) is 0 Å². The fraction of sp³-hybridized carbons (Fsp3) is 0.356. The molecule has 0 nitrogen and oxygen atoms in total. The summed E-state index contributed by atoms with van der Waals surface area (Å²) in [6.07, 6.45) is 9.17. The fourth-order valence-corrected chi connectivity index (χ4v) is 28.4. The number of hydrogen-bond acceptors (Lipinski definition) is 0. The predicted molar refractivity (Wildman–Crippen MR) is 214 cm³/mol. The standard InChI is InChI=1S/C23H29.C9H11.C7H7.C5H5.CH2.2ClH.Zr/c1-14-9-16-11-17-10-15(2)21(23(6,7)8)13-19(17)18(16)12-20(14)22(3,4)5;1-8(2)9-6-4-3-5-7-9;1-7-5-3-2-4-6-7;1-2-4-5-3-1;;;;/h9,12-13H,11H2,1-8H3;3-7H,1-2H3;2-6H,1H2;1-3H,4H2;1H2;2*1H;. The second-order valence-corrected chi connectivity index (χ2v) is 32.2. The normalized spacial score (nSPS) is 14.5. The van der Waals surface area contributed by atoms with Gasteiger partial charge in [-0.15, -0.1) is 24.8 Å². The summed E-state index contributed by atoms with van der Waals surface area (Å²) in [5.41, 5.74) is 14.7. The topological polar surface area (TPSA) is 0 Å². The molecule has 6 rings (SSSR count). The fourth-order valence-electron chi connectivity index (χ4n) is 9.46. The molecule has 2 aliphatic rings. The monoisotopic (exact) mass is 756 g/mol. The Labute approximate surface area is 304 Å². The van der Waals surface area contributed by atoms with Crippen LogP contribution in [-0.2, 0) is 42.8 Å². The van der Waals surface area contributed by atoms with Gasteiger partial charge in [-0.1, -0.05) is 0 Å². The Morgan fingerprint density at radius 1 is 0.708 bits per heavy atom. The van der Waals surface area contributed by atoms with Gasteiger partial charge in [0, 0.05) is 0 Å². The summed E-state index contributed by atoms with van der Waals surface area (Å²) in [4.78, 5) is 0. The van der Waals surface area contributed by atoms with E-state index in [-0.39, 0.29) is 38.8 Å². The van der Waals surface area contributed by atoms with Crippen molar-refractivity contribution in [2.75, 3.05) is 0 Å². The zero-order valence-electron chi connectivity index (χ0n) is 30.9. The number of allylic oxidation sites excluding steroid dienone is 4. The van der Waals surface area contributed by atoms with Crippen molar-refractivity contribution in [2.45, 2.75) is 100 Å². The van der Waals surface area contributed by atoms with Crippen molar-refractivity contribution in [3.63, 3.8) is 0 Å². The summed E-state index contributed by atoms with van der Waals surface area (Å²) >= 11 is -4.75. The number of fused-ring (bicyclic) bond motifs is 3. The molecule has 0 bridgehead atoms. The van der Waals surface area contributed by atoms with Crippen molar-refractivity contribution in [2.24, 2.45) is 0 Å². The van der Waals surface area contributed by atoms with Gasteiger partial charge in [-0.2, -0.15) is 0 Å². The first kappa shape index (κ1) is 38.5. The Morgan fingerprint density at radius 2 is 1.27 bits per heavy atom. The molecule has 0 amide bonds. The van der Waals surface area contributed by atoms with Crippen LogP contribution >= 0.6 is 24.8 Å². The maximum absolute atomic E-state index is 5.90. The molecule has 0 atom stereocenters. The number of halogens is 2. The molecule has 0 fully saturated rings. The summed E-state index contributed by atoms with van der Waals surface area (Å²) in [6.45, 7) is 24.2. The molecule has 0 N–H and O–H groups in total. The van der Waals surface area contributed by atoms with Crippen molar-refractivity contribution in [1.82, 2.24) is 0 Å². The van der Waals surface area contributed by atoms with Crippen LogP contribution in [0.2, 0.25) is 0 Å². The molecule has 0 spiro atoms. The average Bonchev–Trinajstić information content (AvgIpc) is 3.65. The van der Waals surface area contributed by atoms with Crippen molar-refractivity contribution in [1.29, 1.82) is 0 Å². The van der Waals surface area contributed by atoms with E-state index in [1.807, 2.05) is 0 Å². The molecular weight excluding hydrogens is 703 g/mol. The molecule has 4 aromatic carbocycles. The summed E-state index contributed by atoms with van der Waals surface area (Å²) in [7, 11) is 0. The molecule has 0 aromatic heterocycles. The minimum absolute atomic E-state index is 0. The molecule has 0 heterocycles. The molecule has 48 heavy (non-hydrogen) atoms. The maximum atomic E-state index is 5.90. The summed E-state index contributed by atoms with van der Waals surface area (Å²) in [5, 5.41) is 0. The number of aryl methyl sites for hydroxylation is 1. The van der Waals surface area contributed by atoms with Crippen LogP contribution in [0.1, 0.15) is 106 Å². The van der Waals surface area contributed by atoms with E-state index >= 15 is 0 Å². The second-order valence-electron chi connectivity index (χ2n) is 17.1. The molecule has 0 aliphatic heterocycles. The van der Waals surface area contributed by atoms with Crippen LogP contribution in [0, 0.1) is 13.8 Å². The molecule has 0 unspecified atom stereocenters. The average molecular weight is 759 g/mol. The Bertz CT molecular complexity index is 1960. The van der Waals surface area contributed by atoms with Gasteiger partial charge in [0.05, 0.1) is 0 Å². The molecule has 0 saturated carbocycles. The van der Waals surface area contributed by atoms with Gasteiger partial charge in [0.25, 0.3) is 0 Å². The van der Waals surface area contributed by atoms with Crippen molar-refractivity contribution < 1.29 is 18.3 Å². The van der Waals surface area contributed by atoms with E-state index < -0.39 is 18.3 Å². The van der Waals surface area contributed by atoms with Crippen LogP contribution in [0.5, 0.6) is 0 Å². The molecule has 4 aromatic rings. The number of benzene rings is 4. The molecule has 0 saturated heterocycles. The Balaban J connectivity index is 0.00000260. The zero-order valence-corrected chi connectivity index (χ0v) is 35.0. The van der Waals surface area contributed by atoms with Crippen molar-refractivity contribution >= 4 is 32.3 Å². The van der Waals surface area contributed by atoms with E-state index in [9.17, 15) is 0 Å². The van der Waals surface area contributed by atoms with Gasteiger partial charge < -0.3 is 0 Å². The van der Waals surface area contributed by atoms with Crippen LogP contribution in [0.15, 0.2) is 100 Å². The summed E-state index contributed by atoms with van der Waals surface area (Å²) in [5.74, 6) is 0. The molecule has 0 radical (unpaired) electrons. The van der Waals surface area contributed by atoms with Crippen LogP contribution < -0.4 is 3.27 Å². The molecule has 2 aliphatic carbocycles. The van der Waals surface area contributed by atoms with E-state index in [4.69, 9.17) is 4.21 Å². The van der Waals surface area contributed by atoms with E-state index in [1.54, 1.807) is 12.1 Å². The SMILES string of the molecule is Cl.Cl.[CH2]=[Zr]([CH2]c1ccccc1)([C]1=CC=CC1)([c]1c(C)c(C(C)(C)C)cc2c1Cc1cc(C)c(C(C)(C)C)cc1-2)[C](C)(C)c1ccccc1. The van der Waals surface area contributed by atoms with Crippen molar-refractivity contribution in [3.05, 3.63) is 145 Å². The Morgan fingerprint density at radius 3 is 1.81 bits per heavy atom. The number of rotatable bonds is 6. The third kappa shape index (κ3) is 5.85. The van der Waals surface area contributed by atoms with Gasteiger partial charge in [-0.3, -0.25) is 0 Å². The van der Waals surface area contributed by atoms with Gasteiger partial charge in [-0.25, -0.2) is 0 Å². The Hall–Kier alpha value is -2.31. The van der Waals surface area contributed by atoms with Gasteiger partial charge in [0.1, 0.15) is 0 Å². The quantitative estimate of drug-likeness (QED) is 0.162. The third-order valence-corrected chi connectivity index (χ3v) is 32.4. The van der Waals surface area contributed by atoms with Gasteiger partial charge in [0.15, 0.2) is 0 Å². The van der Waals surface area contributed by atoms with E-state index in [0.29, 0.717) is 0 Å². The van der Waals surface area contributed by atoms with E-state index in [1.165, 1.54) is 50.1 Å². The van der Waals surface area contributed by atoms with E-state index in [2.05, 4.69) is 166 Å². The second kappa shape index (κ2) is 13.1. The minimum atomic E-state index is -4.75. The van der Waals surface area contributed by atoms with Crippen LogP contribution in [0.4, 0.5) is 0 Å². The summed E-state index contributed by atoms with van der Waals surface area (Å²) in [6, 6.07) is 30.3. The molecule has 3 heteroatoms. The van der Waals surface area contributed by atoms with Crippen molar-refractivity contribution in [3.8, 4) is 11.1 Å². The number of hydrogen-bond donors (Lipinski definition) is 0.